The number of likely N-dealkylation sites (tertiary alicyclic amines) is 1. The number of nitrogens with one attached hydrogen (secondary N) is 1. The van der Waals surface area contributed by atoms with Crippen LogP contribution in [0.2, 0.25) is 0 Å². The van der Waals surface area contributed by atoms with Crippen molar-refractivity contribution in [2.24, 2.45) is 0 Å². The summed E-state index contributed by atoms with van der Waals surface area (Å²) in [4.78, 5) is 25.5. The van der Waals surface area contributed by atoms with Gasteiger partial charge in [-0.05, 0) is 37.9 Å². The van der Waals surface area contributed by atoms with Crippen molar-refractivity contribution in [1.82, 2.24) is 4.90 Å². The lowest BCUT2D eigenvalue weighted by molar-refractivity contribution is -0.150. The van der Waals surface area contributed by atoms with Gasteiger partial charge in [0.05, 0.1) is 0 Å². The van der Waals surface area contributed by atoms with Gasteiger partial charge in [0.25, 0.3) is 0 Å². The standard InChI is InChI=1S/C16H22N2O3/c1-2-16(15(20)21)10-6-11-18(16)12-9-14(19)17-13-7-4-3-5-8-13/h3-5,7-8H,2,6,9-12H2,1H3,(H,17,19)(H,20,21). The number of hydrogen-bond acceptors (Lipinski definition) is 3. The Morgan fingerprint density at radius 3 is 2.67 bits per heavy atom. The number of rotatable bonds is 6. The number of carboxylic acids is 1. The molecular weight excluding hydrogens is 268 g/mol. The highest BCUT2D eigenvalue weighted by atomic mass is 16.4. The molecule has 1 aliphatic rings. The summed E-state index contributed by atoms with van der Waals surface area (Å²) in [6.45, 7) is 3.13. The molecule has 0 spiro atoms. The van der Waals surface area contributed by atoms with E-state index < -0.39 is 11.5 Å². The van der Waals surface area contributed by atoms with Crippen molar-refractivity contribution < 1.29 is 14.7 Å². The van der Waals surface area contributed by atoms with Crippen molar-refractivity contribution in [3.63, 3.8) is 0 Å². The number of aliphatic carboxylic acids is 1. The average molecular weight is 290 g/mol. The second-order valence-corrected chi connectivity index (χ2v) is 5.45. The predicted octanol–water partition coefficient (Wildman–Crippen LogP) is 2.34. The number of carbonyl (C=O) groups excluding carboxylic acids is 1. The van der Waals surface area contributed by atoms with Gasteiger partial charge >= 0.3 is 5.97 Å². The Bertz CT molecular complexity index is 504. The minimum absolute atomic E-state index is 0.0801. The molecule has 2 rings (SSSR count). The number of nitrogens with zero attached hydrogens (tertiary/aromatic N) is 1. The monoisotopic (exact) mass is 290 g/mol. The van der Waals surface area contributed by atoms with Gasteiger partial charge in [-0.3, -0.25) is 14.5 Å². The van der Waals surface area contributed by atoms with Crippen molar-refractivity contribution in [2.45, 2.75) is 38.1 Å². The first-order chi connectivity index (χ1) is 10.1. The van der Waals surface area contributed by atoms with Crippen molar-refractivity contribution in [3.05, 3.63) is 30.3 Å². The average Bonchev–Trinajstić information content (AvgIpc) is 2.90. The molecule has 1 aromatic rings. The number of benzene rings is 1. The van der Waals surface area contributed by atoms with Gasteiger partial charge in [0, 0.05) is 18.7 Å². The maximum atomic E-state index is 12.0. The number of para-hydroxylation sites is 1. The van der Waals surface area contributed by atoms with E-state index in [0.29, 0.717) is 25.8 Å². The van der Waals surface area contributed by atoms with E-state index in [2.05, 4.69) is 5.32 Å². The summed E-state index contributed by atoms with van der Waals surface area (Å²) in [6.07, 6.45) is 2.42. The van der Waals surface area contributed by atoms with Crippen molar-refractivity contribution in [1.29, 1.82) is 0 Å². The van der Waals surface area contributed by atoms with Crippen molar-refractivity contribution in [3.8, 4) is 0 Å². The van der Waals surface area contributed by atoms with Gasteiger partial charge in [-0.1, -0.05) is 25.1 Å². The van der Waals surface area contributed by atoms with Crippen LogP contribution in [0.4, 0.5) is 5.69 Å². The van der Waals surface area contributed by atoms with Crippen LogP contribution in [0.25, 0.3) is 0 Å². The largest absolute Gasteiger partial charge is 0.480 e. The minimum atomic E-state index is -0.785. The van der Waals surface area contributed by atoms with E-state index in [-0.39, 0.29) is 5.91 Å². The molecule has 5 nitrogen and oxygen atoms in total. The van der Waals surface area contributed by atoms with Crippen molar-refractivity contribution in [2.75, 3.05) is 18.4 Å². The smallest absolute Gasteiger partial charge is 0.324 e. The molecule has 1 fully saturated rings. The number of amides is 1. The second kappa shape index (κ2) is 6.72. The number of anilines is 1. The Morgan fingerprint density at radius 1 is 1.33 bits per heavy atom. The lowest BCUT2D eigenvalue weighted by Crippen LogP contribution is -2.50. The molecule has 0 radical (unpaired) electrons. The lowest BCUT2D eigenvalue weighted by Gasteiger charge is -2.33. The van der Waals surface area contributed by atoms with E-state index >= 15 is 0 Å². The molecule has 1 amide bonds. The van der Waals surface area contributed by atoms with Crippen LogP contribution in [0.3, 0.4) is 0 Å². The van der Waals surface area contributed by atoms with E-state index in [1.165, 1.54) is 0 Å². The highest BCUT2D eigenvalue weighted by molar-refractivity contribution is 5.90. The van der Waals surface area contributed by atoms with E-state index in [1.54, 1.807) is 0 Å². The van der Waals surface area contributed by atoms with Gasteiger partial charge < -0.3 is 10.4 Å². The fourth-order valence-corrected chi connectivity index (χ4v) is 3.04. The Labute approximate surface area is 125 Å². The zero-order chi connectivity index (χ0) is 15.3. The van der Waals surface area contributed by atoms with Crippen LogP contribution in [0.5, 0.6) is 0 Å². The van der Waals surface area contributed by atoms with Crippen LogP contribution >= 0.6 is 0 Å². The molecule has 1 heterocycles. The van der Waals surface area contributed by atoms with Crippen LogP contribution in [-0.2, 0) is 9.59 Å². The molecule has 1 aliphatic heterocycles. The summed E-state index contributed by atoms with van der Waals surface area (Å²) >= 11 is 0. The molecule has 1 aromatic carbocycles. The van der Waals surface area contributed by atoms with E-state index in [0.717, 1.165) is 18.7 Å². The summed E-state index contributed by atoms with van der Waals surface area (Å²) in [7, 11) is 0. The molecule has 1 saturated heterocycles. The summed E-state index contributed by atoms with van der Waals surface area (Å²) in [5.74, 6) is -0.852. The molecule has 0 aromatic heterocycles. The number of hydrogen-bond donors (Lipinski definition) is 2. The molecule has 114 valence electrons. The summed E-state index contributed by atoms with van der Waals surface area (Å²) in [5, 5.41) is 12.3. The zero-order valence-corrected chi connectivity index (χ0v) is 12.3. The molecule has 0 bridgehead atoms. The Balaban J connectivity index is 1.90. The maximum absolute atomic E-state index is 12.0. The molecule has 2 N–H and O–H groups in total. The van der Waals surface area contributed by atoms with E-state index in [9.17, 15) is 14.7 Å². The SMILES string of the molecule is CCC1(C(=O)O)CCCN1CCC(=O)Nc1ccccc1. The van der Waals surface area contributed by atoms with Gasteiger partial charge in [-0.25, -0.2) is 0 Å². The first-order valence-electron chi connectivity index (χ1n) is 7.42. The van der Waals surface area contributed by atoms with Crippen LogP contribution in [-0.4, -0.2) is 40.5 Å². The molecule has 5 heteroatoms. The fourth-order valence-electron chi connectivity index (χ4n) is 3.04. The van der Waals surface area contributed by atoms with Crippen LogP contribution in [0.15, 0.2) is 30.3 Å². The summed E-state index contributed by atoms with van der Waals surface area (Å²) in [5.41, 5.74) is -0.0172. The molecule has 1 atom stereocenters. The fraction of sp³-hybridized carbons (Fsp3) is 0.500. The number of carbonyl (C=O) groups is 2. The van der Waals surface area contributed by atoms with Gasteiger partial charge in [-0.2, -0.15) is 0 Å². The molecule has 0 saturated carbocycles. The van der Waals surface area contributed by atoms with Crippen LogP contribution in [0, 0.1) is 0 Å². The summed E-state index contributed by atoms with van der Waals surface area (Å²) in [6, 6.07) is 9.29. The highest BCUT2D eigenvalue weighted by Crippen LogP contribution is 2.32. The third-order valence-corrected chi connectivity index (χ3v) is 4.27. The van der Waals surface area contributed by atoms with Gasteiger partial charge in [0.1, 0.15) is 5.54 Å². The third kappa shape index (κ3) is 3.42. The maximum Gasteiger partial charge on any atom is 0.324 e. The van der Waals surface area contributed by atoms with E-state index in [4.69, 9.17) is 0 Å². The normalized spacial score (nSPS) is 22.1. The topological polar surface area (TPSA) is 69.6 Å². The Kier molecular flexibility index (Phi) is 4.96. The quantitative estimate of drug-likeness (QED) is 0.843. The third-order valence-electron chi connectivity index (χ3n) is 4.27. The minimum Gasteiger partial charge on any atom is -0.480 e. The van der Waals surface area contributed by atoms with Gasteiger partial charge in [0.15, 0.2) is 0 Å². The molecular formula is C16H22N2O3. The highest BCUT2D eigenvalue weighted by Gasteiger charge is 2.45. The van der Waals surface area contributed by atoms with E-state index in [1.807, 2.05) is 42.2 Å². The lowest BCUT2D eigenvalue weighted by atomic mass is 9.93. The van der Waals surface area contributed by atoms with Gasteiger partial charge in [-0.15, -0.1) is 0 Å². The van der Waals surface area contributed by atoms with Gasteiger partial charge in [0.2, 0.25) is 5.91 Å². The molecule has 0 aliphatic carbocycles. The van der Waals surface area contributed by atoms with Crippen molar-refractivity contribution >= 4 is 17.6 Å². The predicted molar refractivity (Wildman–Crippen MR) is 81.2 cm³/mol. The molecule has 1 unspecified atom stereocenters. The first-order valence-corrected chi connectivity index (χ1v) is 7.42. The Morgan fingerprint density at radius 2 is 2.05 bits per heavy atom. The zero-order valence-electron chi connectivity index (χ0n) is 12.3. The number of carboxylic acid groups (broad SMARTS) is 1. The molecule has 21 heavy (non-hydrogen) atoms. The van der Waals surface area contributed by atoms with Crippen LogP contribution < -0.4 is 5.32 Å². The van der Waals surface area contributed by atoms with Crippen LogP contribution in [0.1, 0.15) is 32.6 Å². The Hall–Kier alpha value is -1.88. The summed E-state index contributed by atoms with van der Waals surface area (Å²) < 4.78 is 0. The second-order valence-electron chi connectivity index (χ2n) is 5.45. The first kappa shape index (κ1) is 15.5.